The number of hydrogen-bond acceptors (Lipinski definition) is 7. The third-order valence-corrected chi connectivity index (χ3v) is 6.83. The first kappa shape index (κ1) is 36.8. The molecule has 0 heterocycles. The molecule has 1 atom stereocenters. The summed E-state index contributed by atoms with van der Waals surface area (Å²) in [6, 6.07) is 0. The summed E-state index contributed by atoms with van der Waals surface area (Å²) in [6.07, 6.45) is 18.1. The largest absolute Gasteiger partial charge is 1.00 e. The number of rotatable bonds is 19. The van der Waals surface area contributed by atoms with Crippen LogP contribution < -0.4 is 59.1 Å². The third-order valence-electron chi connectivity index (χ3n) is 4.75. The maximum absolute atomic E-state index is 11.8. The Bertz CT molecular complexity index is 678. The first-order chi connectivity index (χ1) is 13.6. The Labute approximate surface area is 233 Å². The summed E-state index contributed by atoms with van der Waals surface area (Å²) in [5.41, 5.74) is 0. The van der Waals surface area contributed by atoms with Gasteiger partial charge >= 0.3 is 59.1 Å². The van der Waals surface area contributed by atoms with Crippen molar-refractivity contribution in [3.05, 3.63) is 12.2 Å². The fourth-order valence-electron chi connectivity index (χ4n) is 3.05. The Morgan fingerprint density at radius 1 is 0.742 bits per heavy atom. The number of ketones is 1. The second kappa shape index (κ2) is 21.7. The van der Waals surface area contributed by atoms with Crippen LogP contribution in [0.3, 0.4) is 0 Å². The van der Waals surface area contributed by atoms with Crippen LogP contribution in [0.2, 0.25) is 0 Å². The van der Waals surface area contributed by atoms with Crippen LogP contribution in [0.15, 0.2) is 12.2 Å². The summed E-state index contributed by atoms with van der Waals surface area (Å²) >= 11 is 0. The number of Topliss-reactive ketones (excluding diaryl/α,β-unsaturated/α-hetero) is 1. The van der Waals surface area contributed by atoms with Crippen LogP contribution in [0.4, 0.5) is 0 Å². The Morgan fingerprint density at radius 2 is 1.16 bits per heavy atom. The van der Waals surface area contributed by atoms with E-state index in [1.807, 2.05) is 0 Å². The van der Waals surface area contributed by atoms with E-state index < -0.39 is 37.0 Å². The van der Waals surface area contributed by atoms with Gasteiger partial charge in [-0.25, -0.2) is 16.8 Å². The second-order valence-electron chi connectivity index (χ2n) is 7.51. The summed E-state index contributed by atoms with van der Waals surface area (Å²) in [5, 5.41) is -2.29. The molecule has 0 aliphatic carbocycles. The summed E-state index contributed by atoms with van der Waals surface area (Å²) in [7, 11) is -10.1. The molecule has 0 radical (unpaired) electrons. The van der Waals surface area contributed by atoms with Gasteiger partial charge in [0, 0.05) is 6.42 Å². The SMILES string of the molecule is CCCCCCCC/C=C\CCCCCCCC(=O)C(CS(=O)(=O)[O-])S(=O)(=O)[O-].[Na+].[Na+]. The van der Waals surface area contributed by atoms with Crippen LogP contribution in [0, 0.1) is 0 Å². The van der Waals surface area contributed by atoms with E-state index >= 15 is 0 Å². The van der Waals surface area contributed by atoms with E-state index in [9.17, 15) is 30.7 Å². The summed E-state index contributed by atoms with van der Waals surface area (Å²) in [4.78, 5) is 11.8. The van der Waals surface area contributed by atoms with Crippen molar-refractivity contribution in [2.75, 3.05) is 5.75 Å². The normalized spacial score (nSPS) is 12.9. The molecular weight excluding hydrogens is 462 g/mol. The van der Waals surface area contributed by atoms with E-state index in [4.69, 9.17) is 0 Å². The van der Waals surface area contributed by atoms with Crippen molar-refractivity contribution in [1.82, 2.24) is 0 Å². The Hall–Kier alpha value is 1.23. The molecule has 0 aromatic rings. The molecule has 0 saturated carbocycles. The Morgan fingerprint density at radius 3 is 1.58 bits per heavy atom. The van der Waals surface area contributed by atoms with E-state index in [1.165, 1.54) is 38.5 Å². The average Bonchev–Trinajstić information content (AvgIpc) is 2.61. The van der Waals surface area contributed by atoms with Crippen LogP contribution in [0.25, 0.3) is 0 Å². The molecule has 172 valence electrons. The number of unbranched alkanes of at least 4 members (excludes halogenated alkanes) is 11. The van der Waals surface area contributed by atoms with Gasteiger partial charge in [0.15, 0.2) is 5.78 Å². The minimum atomic E-state index is -5.15. The van der Waals surface area contributed by atoms with E-state index in [-0.39, 0.29) is 65.5 Å². The maximum atomic E-state index is 11.8. The molecule has 7 nitrogen and oxygen atoms in total. The average molecular weight is 499 g/mol. The second-order valence-corrected chi connectivity index (χ2v) is 10.5. The van der Waals surface area contributed by atoms with Crippen molar-refractivity contribution in [1.29, 1.82) is 0 Å². The zero-order chi connectivity index (χ0) is 22.2. The molecule has 0 N–H and O–H groups in total. The van der Waals surface area contributed by atoms with Crippen LogP contribution in [0.1, 0.15) is 96.8 Å². The number of allylic oxidation sites excluding steroid dienone is 2. The first-order valence-electron chi connectivity index (χ1n) is 10.6. The number of hydrogen-bond donors (Lipinski definition) is 0. The standard InChI is InChI=1S/C20H38O7S2.2Na/c1-2-3-4-5-6-7-8-9-10-11-12-13-14-15-16-17-19(21)20(29(25,26)27)18-28(22,23)24;;/h9-10,20H,2-8,11-18H2,1H3,(H,22,23,24)(H,25,26,27);;/q;2*+1/p-2/b10-9-;;. The van der Waals surface area contributed by atoms with Gasteiger partial charge in [-0.3, -0.25) is 4.79 Å². The fraction of sp³-hybridized carbons (Fsp3) is 0.850. The van der Waals surface area contributed by atoms with Gasteiger partial charge in [-0.15, -0.1) is 0 Å². The summed E-state index contributed by atoms with van der Waals surface area (Å²) in [5.74, 6) is -2.47. The minimum Gasteiger partial charge on any atom is -0.748 e. The van der Waals surface area contributed by atoms with Crippen molar-refractivity contribution in [2.24, 2.45) is 0 Å². The maximum Gasteiger partial charge on any atom is 1.00 e. The molecule has 0 spiro atoms. The molecule has 0 aromatic heterocycles. The number of carbonyl (C=O) groups is 1. The van der Waals surface area contributed by atoms with Gasteiger partial charge in [-0.2, -0.15) is 0 Å². The van der Waals surface area contributed by atoms with Crippen LogP contribution in [-0.2, 0) is 25.0 Å². The van der Waals surface area contributed by atoms with Crippen molar-refractivity contribution in [3.63, 3.8) is 0 Å². The van der Waals surface area contributed by atoms with Gasteiger partial charge in [0.2, 0.25) is 0 Å². The van der Waals surface area contributed by atoms with Crippen LogP contribution in [0.5, 0.6) is 0 Å². The monoisotopic (exact) mass is 498 g/mol. The van der Waals surface area contributed by atoms with Crippen molar-refractivity contribution in [2.45, 2.75) is 102 Å². The molecule has 0 bridgehead atoms. The zero-order valence-corrected chi connectivity index (χ0v) is 25.1. The van der Waals surface area contributed by atoms with Gasteiger partial charge < -0.3 is 9.11 Å². The van der Waals surface area contributed by atoms with Crippen LogP contribution in [-0.4, -0.2) is 42.7 Å². The minimum absolute atomic E-state index is 0. The number of carbonyl (C=O) groups excluding carboxylic acids is 1. The van der Waals surface area contributed by atoms with E-state index in [2.05, 4.69) is 19.1 Å². The summed E-state index contributed by atoms with van der Waals surface area (Å²) in [6.45, 7) is 2.21. The molecule has 0 aliphatic heterocycles. The van der Waals surface area contributed by atoms with Crippen molar-refractivity contribution < 1.29 is 89.9 Å². The van der Waals surface area contributed by atoms with Gasteiger partial charge in [-0.05, 0) is 32.1 Å². The van der Waals surface area contributed by atoms with Crippen molar-refractivity contribution in [3.8, 4) is 0 Å². The zero-order valence-electron chi connectivity index (χ0n) is 19.5. The van der Waals surface area contributed by atoms with E-state index in [0.717, 1.165) is 32.1 Å². The fourth-order valence-corrected chi connectivity index (χ4v) is 5.22. The molecule has 0 amide bonds. The quantitative estimate of drug-likeness (QED) is 0.0876. The molecule has 0 fully saturated rings. The predicted octanol–water partition coefficient (Wildman–Crippen LogP) is -1.94. The smallest absolute Gasteiger partial charge is 0.748 e. The first-order valence-corrected chi connectivity index (χ1v) is 13.7. The summed E-state index contributed by atoms with van der Waals surface area (Å²) < 4.78 is 65.1. The van der Waals surface area contributed by atoms with Crippen molar-refractivity contribution >= 4 is 26.0 Å². The molecule has 1 unspecified atom stereocenters. The topological polar surface area (TPSA) is 131 Å². The predicted molar refractivity (Wildman–Crippen MR) is 113 cm³/mol. The van der Waals surface area contributed by atoms with Gasteiger partial charge in [0.25, 0.3) is 0 Å². The molecule has 0 saturated heterocycles. The van der Waals surface area contributed by atoms with Gasteiger partial charge in [0.1, 0.15) is 15.4 Å². The molecule has 31 heavy (non-hydrogen) atoms. The molecule has 0 rings (SSSR count). The Balaban J connectivity index is -0.00000392. The van der Waals surface area contributed by atoms with E-state index in [1.54, 1.807) is 0 Å². The van der Waals surface area contributed by atoms with Crippen LogP contribution >= 0.6 is 0 Å². The molecular formula is C20H36Na2O7S2. The third kappa shape index (κ3) is 24.2. The van der Waals surface area contributed by atoms with E-state index in [0.29, 0.717) is 12.8 Å². The molecule has 11 heteroatoms. The van der Waals surface area contributed by atoms with Gasteiger partial charge in [-0.1, -0.05) is 70.4 Å². The Kier molecular flexibility index (Phi) is 25.8. The van der Waals surface area contributed by atoms with Gasteiger partial charge in [0.05, 0.1) is 15.9 Å². The molecule has 0 aliphatic rings. The molecule has 0 aromatic carbocycles.